The van der Waals surface area contributed by atoms with E-state index in [-0.39, 0.29) is 24.3 Å². The van der Waals surface area contributed by atoms with Gasteiger partial charge in [-0.1, -0.05) is 24.3 Å². The van der Waals surface area contributed by atoms with Gasteiger partial charge >= 0.3 is 22.3 Å². The van der Waals surface area contributed by atoms with Crippen molar-refractivity contribution < 1.29 is 36.6 Å². The van der Waals surface area contributed by atoms with Crippen molar-refractivity contribution in [3.8, 4) is 11.5 Å². The van der Waals surface area contributed by atoms with Gasteiger partial charge in [-0.3, -0.25) is 9.59 Å². The van der Waals surface area contributed by atoms with Crippen molar-refractivity contribution in [1.29, 1.82) is 0 Å². The van der Waals surface area contributed by atoms with E-state index in [9.17, 15) is 18.0 Å². The predicted octanol–water partition coefficient (Wildman–Crippen LogP) is 0.298. The van der Waals surface area contributed by atoms with Crippen LogP contribution in [0.1, 0.15) is 11.1 Å². The van der Waals surface area contributed by atoms with Crippen LogP contribution in [0.4, 0.5) is 0 Å². The Hall–Kier alpha value is -3.15. The molecule has 0 amide bonds. The maximum absolute atomic E-state index is 12.0. The van der Waals surface area contributed by atoms with E-state index in [0.717, 1.165) is 0 Å². The predicted molar refractivity (Wildman–Crippen MR) is 102 cm³/mol. The largest absolute Gasteiger partial charge is 0.500 e. The SMILES string of the molecule is N[C@@H](Cc1ccc(OS(=O)(=O)Oc2ccc(C[C@H](N)C(=O)O)cc2)cc1)C(=O)O. The summed E-state index contributed by atoms with van der Waals surface area (Å²) in [5, 5.41) is 17.6. The Morgan fingerprint density at radius 3 is 1.34 bits per heavy atom. The zero-order valence-electron chi connectivity index (χ0n) is 15.1. The fraction of sp³-hybridized carbons (Fsp3) is 0.222. The standard InChI is InChI=1S/C18H20N2O8S/c19-15(17(21)22)9-11-1-5-13(6-2-11)27-29(25,26)28-14-7-3-12(4-8-14)10-16(20)18(23)24/h1-8,15-16H,9-10,19-20H2,(H,21,22)(H,23,24)/t15-,16-/m0/s1. The molecule has 0 saturated carbocycles. The number of carbonyl (C=O) groups is 2. The number of hydrogen-bond donors (Lipinski definition) is 4. The van der Waals surface area contributed by atoms with E-state index in [2.05, 4.69) is 0 Å². The second-order valence-corrected chi connectivity index (χ2v) is 7.31. The lowest BCUT2D eigenvalue weighted by Gasteiger charge is -2.10. The molecule has 0 aliphatic heterocycles. The van der Waals surface area contributed by atoms with Crippen LogP contribution in [0, 0.1) is 0 Å². The molecule has 2 atom stereocenters. The highest BCUT2D eigenvalue weighted by atomic mass is 32.3. The Labute approximate surface area is 167 Å². The Morgan fingerprint density at radius 2 is 1.07 bits per heavy atom. The second-order valence-electron chi connectivity index (χ2n) is 6.16. The number of hydrogen-bond acceptors (Lipinski definition) is 8. The lowest BCUT2D eigenvalue weighted by molar-refractivity contribution is -0.139. The highest BCUT2D eigenvalue weighted by Gasteiger charge is 2.17. The third kappa shape index (κ3) is 7.07. The quantitative estimate of drug-likeness (QED) is 0.414. The average molecular weight is 424 g/mol. The highest BCUT2D eigenvalue weighted by Crippen LogP contribution is 2.19. The van der Waals surface area contributed by atoms with Crippen molar-refractivity contribution in [3.63, 3.8) is 0 Å². The fourth-order valence-electron chi connectivity index (χ4n) is 2.30. The van der Waals surface area contributed by atoms with Crippen LogP contribution in [0.25, 0.3) is 0 Å². The maximum atomic E-state index is 12.0. The first kappa shape index (κ1) is 22.1. The zero-order chi connectivity index (χ0) is 21.6. The number of carboxylic acids is 2. The third-order valence-corrected chi connectivity index (χ3v) is 4.58. The molecule has 0 aliphatic rings. The molecule has 0 heterocycles. The van der Waals surface area contributed by atoms with E-state index in [1.54, 1.807) is 0 Å². The molecule has 156 valence electrons. The van der Waals surface area contributed by atoms with Gasteiger partial charge in [0.2, 0.25) is 0 Å². The van der Waals surface area contributed by atoms with Crippen molar-refractivity contribution in [1.82, 2.24) is 0 Å². The molecule has 0 fully saturated rings. The molecule has 0 aliphatic carbocycles. The molecule has 29 heavy (non-hydrogen) atoms. The lowest BCUT2D eigenvalue weighted by Crippen LogP contribution is -2.32. The number of carboxylic acid groups (broad SMARTS) is 2. The number of benzene rings is 2. The summed E-state index contributed by atoms with van der Waals surface area (Å²) in [5.41, 5.74) is 12.1. The minimum absolute atomic E-state index is 0.0262. The summed E-state index contributed by atoms with van der Waals surface area (Å²) in [6.07, 6.45) is 0.160. The summed E-state index contributed by atoms with van der Waals surface area (Å²) in [5.74, 6) is -2.34. The molecule has 0 aromatic heterocycles. The first-order valence-electron chi connectivity index (χ1n) is 8.34. The molecule has 0 radical (unpaired) electrons. The molecule has 11 heteroatoms. The number of rotatable bonds is 10. The van der Waals surface area contributed by atoms with Gasteiger partial charge in [0, 0.05) is 0 Å². The van der Waals surface area contributed by atoms with Gasteiger partial charge in [0.15, 0.2) is 0 Å². The Kier molecular flexibility index (Phi) is 7.15. The van der Waals surface area contributed by atoms with Gasteiger partial charge in [0.25, 0.3) is 0 Å². The molecule has 0 bridgehead atoms. The van der Waals surface area contributed by atoms with Crippen LogP contribution >= 0.6 is 0 Å². The van der Waals surface area contributed by atoms with Crippen LogP contribution in [0.15, 0.2) is 48.5 Å². The minimum Gasteiger partial charge on any atom is -0.480 e. The molecule has 6 N–H and O–H groups in total. The zero-order valence-corrected chi connectivity index (χ0v) is 15.9. The van der Waals surface area contributed by atoms with Gasteiger partial charge < -0.3 is 30.0 Å². The van der Waals surface area contributed by atoms with Crippen molar-refractivity contribution in [3.05, 3.63) is 59.7 Å². The van der Waals surface area contributed by atoms with Gasteiger partial charge in [0.1, 0.15) is 23.6 Å². The number of aliphatic carboxylic acids is 2. The second kappa shape index (κ2) is 9.37. The van der Waals surface area contributed by atoms with E-state index in [1.165, 1.54) is 48.5 Å². The summed E-state index contributed by atoms with van der Waals surface area (Å²) in [6.45, 7) is 0. The molecule has 2 rings (SSSR count). The normalized spacial score (nSPS) is 13.3. The average Bonchev–Trinajstić information content (AvgIpc) is 2.64. The molecule has 0 saturated heterocycles. The first-order chi connectivity index (χ1) is 13.6. The van der Waals surface area contributed by atoms with Gasteiger partial charge in [-0.2, -0.15) is 0 Å². The monoisotopic (exact) mass is 424 g/mol. The summed E-state index contributed by atoms with van der Waals surface area (Å²) in [4.78, 5) is 21.5. The molecule has 10 nitrogen and oxygen atoms in total. The van der Waals surface area contributed by atoms with Crippen LogP contribution in [-0.4, -0.2) is 42.7 Å². The summed E-state index contributed by atoms with van der Waals surface area (Å²) >= 11 is 0. The first-order valence-corrected chi connectivity index (χ1v) is 9.67. The van der Waals surface area contributed by atoms with Crippen molar-refractivity contribution in [2.45, 2.75) is 24.9 Å². The molecule has 0 spiro atoms. The van der Waals surface area contributed by atoms with E-state index in [4.69, 9.17) is 30.0 Å². The van der Waals surface area contributed by atoms with Crippen LogP contribution in [0.3, 0.4) is 0 Å². The van der Waals surface area contributed by atoms with E-state index >= 15 is 0 Å². The van der Waals surface area contributed by atoms with Crippen LogP contribution in [0.2, 0.25) is 0 Å². The fourth-order valence-corrected chi connectivity index (χ4v) is 3.03. The topological polar surface area (TPSA) is 179 Å². The summed E-state index contributed by atoms with van der Waals surface area (Å²) in [6, 6.07) is 9.23. The Balaban J connectivity index is 1.97. The molecule has 2 aromatic rings. The van der Waals surface area contributed by atoms with Gasteiger partial charge in [-0.15, -0.1) is 8.42 Å². The van der Waals surface area contributed by atoms with Gasteiger partial charge in [-0.05, 0) is 48.2 Å². The van der Waals surface area contributed by atoms with E-state index in [1.807, 2.05) is 0 Å². The van der Waals surface area contributed by atoms with E-state index < -0.39 is 34.4 Å². The van der Waals surface area contributed by atoms with Gasteiger partial charge in [0.05, 0.1) is 0 Å². The van der Waals surface area contributed by atoms with Gasteiger partial charge in [-0.25, -0.2) is 0 Å². The summed E-state index contributed by atoms with van der Waals surface area (Å²) in [7, 11) is -4.42. The Bertz CT molecular complexity index is 885. The van der Waals surface area contributed by atoms with Crippen molar-refractivity contribution in [2.75, 3.05) is 0 Å². The van der Waals surface area contributed by atoms with E-state index in [0.29, 0.717) is 11.1 Å². The molecule has 2 aromatic carbocycles. The molecule has 0 unspecified atom stereocenters. The summed E-state index contributed by atoms with van der Waals surface area (Å²) < 4.78 is 33.8. The highest BCUT2D eigenvalue weighted by molar-refractivity contribution is 7.82. The maximum Gasteiger partial charge on any atom is 0.500 e. The molecular formula is C18H20N2O8S. The van der Waals surface area contributed by atoms with Crippen molar-refractivity contribution in [2.24, 2.45) is 11.5 Å². The lowest BCUT2D eigenvalue weighted by atomic mass is 10.1. The Morgan fingerprint density at radius 1 is 0.759 bits per heavy atom. The molecular weight excluding hydrogens is 404 g/mol. The minimum atomic E-state index is -4.42. The van der Waals surface area contributed by atoms with Crippen molar-refractivity contribution >= 4 is 22.3 Å². The van der Waals surface area contributed by atoms with Crippen LogP contribution in [0.5, 0.6) is 11.5 Å². The number of nitrogens with two attached hydrogens (primary N) is 2. The smallest absolute Gasteiger partial charge is 0.480 e. The third-order valence-electron chi connectivity index (χ3n) is 3.79. The van der Waals surface area contributed by atoms with Crippen LogP contribution in [-0.2, 0) is 32.8 Å². The van der Waals surface area contributed by atoms with Crippen LogP contribution < -0.4 is 19.8 Å².